The Morgan fingerprint density at radius 2 is 1.53 bits per heavy atom. The fourth-order valence-electron chi connectivity index (χ4n) is 1.21. The van der Waals surface area contributed by atoms with E-state index in [9.17, 15) is 8.42 Å². The second kappa shape index (κ2) is 4.58. The third-order valence-electron chi connectivity index (χ3n) is 2.31. The van der Waals surface area contributed by atoms with Crippen LogP contribution in [0, 0.1) is 0 Å². The summed E-state index contributed by atoms with van der Waals surface area (Å²) in [7, 11) is -3.14. The minimum Gasteiger partial charge on any atom is -0.223 e. The van der Waals surface area contributed by atoms with Crippen LogP contribution < -0.4 is 0 Å². The highest BCUT2D eigenvalue weighted by atomic mass is 32.2. The lowest BCUT2D eigenvalue weighted by molar-refractivity contribution is 0.587. The number of benzene rings is 1. The van der Waals surface area contributed by atoms with Gasteiger partial charge in [-0.05, 0) is 38.5 Å². The molecule has 2 nitrogen and oxygen atoms in total. The first-order valence-corrected chi connectivity index (χ1v) is 6.94. The fourth-order valence-corrected chi connectivity index (χ4v) is 2.44. The molecule has 0 aliphatic carbocycles. The maximum Gasteiger partial charge on any atom is 0.180 e. The zero-order chi connectivity index (χ0) is 11.6. The van der Waals surface area contributed by atoms with Gasteiger partial charge < -0.3 is 0 Å². The van der Waals surface area contributed by atoms with Gasteiger partial charge in [-0.3, -0.25) is 0 Å². The molecular weight excluding hydrogens is 228 g/mol. The zero-order valence-corrected chi connectivity index (χ0v) is 10.8. The molecule has 0 bridgehead atoms. The van der Waals surface area contributed by atoms with E-state index in [-0.39, 0.29) is 10.5 Å². The van der Waals surface area contributed by atoms with Crippen LogP contribution in [0.5, 0.6) is 0 Å². The second-order valence-electron chi connectivity index (χ2n) is 3.84. The van der Waals surface area contributed by atoms with E-state index in [1.165, 1.54) is 0 Å². The summed E-state index contributed by atoms with van der Waals surface area (Å²) in [6.45, 7) is 5.32. The standard InChI is InChI=1S/C11H16O2S2/c1-8(2)15(12,13)11-6-4-10(5-7-11)9(3)14/h4-9,14H,1-3H3. The first-order chi connectivity index (χ1) is 6.85. The van der Waals surface area contributed by atoms with E-state index in [1.54, 1.807) is 26.0 Å². The van der Waals surface area contributed by atoms with E-state index in [0.29, 0.717) is 4.90 Å². The molecule has 0 aliphatic rings. The van der Waals surface area contributed by atoms with Gasteiger partial charge in [-0.1, -0.05) is 12.1 Å². The van der Waals surface area contributed by atoms with E-state index in [2.05, 4.69) is 12.6 Å². The number of hydrogen-bond donors (Lipinski definition) is 1. The Morgan fingerprint density at radius 1 is 1.07 bits per heavy atom. The molecule has 0 N–H and O–H groups in total. The summed E-state index contributed by atoms with van der Waals surface area (Å²) in [5.41, 5.74) is 1.03. The smallest absolute Gasteiger partial charge is 0.180 e. The monoisotopic (exact) mass is 244 g/mol. The van der Waals surface area contributed by atoms with Crippen molar-refractivity contribution in [1.82, 2.24) is 0 Å². The molecule has 0 saturated heterocycles. The molecule has 1 unspecified atom stereocenters. The second-order valence-corrected chi connectivity index (χ2v) is 7.12. The number of sulfone groups is 1. The van der Waals surface area contributed by atoms with Gasteiger partial charge in [0, 0.05) is 5.25 Å². The summed E-state index contributed by atoms with van der Waals surface area (Å²) in [5, 5.41) is -0.252. The van der Waals surface area contributed by atoms with Gasteiger partial charge in [0.15, 0.2) is 9.84 Å². The van der Waals surface area contributed by atoms with Crippen LogP contribution in [0.3, 0.4) is 0 Å². The number of thiol groups is 1. The molecule has 4 heteroatoms. The molecule has 0 aromatic heterocycles. The molecule has 0 spiro atoms. The number of hydrogen-bond acceptors (Lipinski definition) is 3. The molecule has 1 atom stereocenters. The van der Waals surface area contributed by atoms with Crippen molar-refractivity contribution in [3.8, 4) is 0 Å². The predicted molar refractivity (Wildman–Crippen MR) is 66.2 cm³/mol. The van der Waals surface area contributed by atoms with Gasteiger partial charge >= 0.3 is 0 Å². The highest BCUT2D eigenvalue weighted by molar-refractivity contribution is 7.92. The molecule has 1 rings (SSSR count). The lowest BCUT2D eigenvalue weighted by atomic mass is 10.2. The molecule has 0 fully saturated rings. The third-order valence-corrected chi connectivity index (χ3v) is 4.78. The Morgan fingerprint density at radius 3 is 1.87 bits per heavy atom. The van der Waals surface area contributed by atoms with E-state index in [0.717, 1.165) is 5.56 Å². The maximum absolute atomic E-state index is 11.8. The highest BCUT2D eigenvalue weighted by Crippen LogP contribution is 2.22. The van der Waals surface area contributed by atoms with Crippen LogP contribution in [-0.4, -0.2) is 13.7 Å². The Labute approximate surface area is 97.0 Å². The molecule has 0 saturated carbocycles. The summed E-state index contributed by atoms with van der Waals surface area (Å²) in [4.78, 5) is 0.384. The van der Waals surface area contributed by atoms with Crippen LogP contribution in [0.1, 0.15) is 31.6 Å². The van der Waals surface area contributed by atoms with Gasteiger partial charge in [-0.25, -0.2) is 8.42 Å². The van der Waals surface area contributed by atoms with Crippen molar-refractivity contribution in [2.24, 2.45) is 0 Å². The third kappa shape index (κ3) is 2.75. The molecule has 84 valence electrons. The molecule has 0 heterocycles. The summed E-state index contributed by atoms with van der Waals surface area (Å²) < 4.78 is 23.6. The van der Waals surface area contributed by atoms with Crippen LogP contribution >= 0.6 is 12.6 Å². The Balaban J connectivity index is 3.10. The fraction of sp³-hybridized carbons (Fsp3) is 0.455. The van der Waals surface area contributed by atoms with Crippen molar-refractivity contribution < 1.29 is 8.42 Å². The van der Waals surface area contributed by atoms with Crippen molar-refractivity contribution >= 4 is 22.5 Å². The van der Waals surface area contributed by atoms with E-state index in [4.69, 9.17) is 0 Å². The maximum atomic E-state index is 11.8. The molecule has 1 aromatic carbocycles. The van der Waals surface area contributed by atoms with E-state index >= 15 is 0 Å². The molecule has 1 aromatic rings. The summed E-state index contributed by atoms with van der Waals surface area (Å²) in [6.07, 6.45) is 0. The topological polar surface area (TPSA) is 34.1 Å². The molecular formula is C11H16O2S2. The van der Waals surface area contributed by atoms with Crippen LogP contribution in [0.15, 0.2) is 29.2 Å². The summed E-state index contributed by atoms with van der Waals surface area (Å²) in [5.74, 6) is 0. The normalized spacial score (nSPS) is 14.2. The average molecular weight is 244 g/mol. The first kappa shape index (κ1) is 12.6. The van der Waals surface area contributed by atoms with Gasteiger partial charge in [-0.15, -0.1) is 0 Å². The highest BCUT2D eigenvalue weighted by Gasteiger charge is 2.18. The van der Waals surface area contributed by atoms with Crippen LogP contribution in [0.25, 0.3) is 0 Å². The minimum absolute atomic E-state index is 0.126. The Hall–Kier alpha value is -0.480. The summed E-state index contributed by atoms with van der Waals surface area (Å²) in [6, 6.07) is 6.93. The van der Waals surface area contributed by atoms with Crippen molar-refractivity contribution in [2.45, 2.75) is 36.2 Å². The Kier molecular flexibility index (Phi) is 3.84. The molecule has 15 heavy (non-hydrogen) atoms. The van der Waals surface area contributed by atoms with Gasteiger partial charge in [0.25, 0.3) is 0 Å². The van der Waals surface area contributed by atoms with Gasteiger partial charge in [0.05, 0.1) is 10.1 Å². The van der Waals surface area contributed by atoms with E-state index in [1.807, 2.05) is 19.1 Å². The van der Waals surface area contributed by atoms with Crippen LogP contribution in [-0.2, 0) is 9.84 Å². The van der Waals surface area contributed by atoms with Crippen molar-refractivity contribution in [3.63, 3.8) is 0 Å². The lowest BCUT2D eigenvalue weighted by Gasteiger charge is -2.09. The molecule has 0 radical (unpaired) electrons. The average Bonchev–Trinajstić information content (AvgIpc) is 2.17. The van der Waals surface area contributed by atoms with Crippen LogP contribution in [0.2, 0.25) is 0 Å². The Bertz CT molecular complexity index is 416. The minimum atomic E-state index is -3.14. The first-order valence-electron chi connectivity index (χ1n) is 4.87. The quantitative estimate of drug-likeness (QED) is 0.830. The van der Waals surface area contributed by atoms with E-state index < -0.39 is 9.84 Å². The van der Waals surface area contributed by atoms with Gasteiger partial charge in [0.2, 0.25) is 0 Å². The van der Waals surface area contributed by atoms with Gasteiger partial charge in [0.1, 0.15) is 0 Å². The summed E-state index contributed by atoms with van der Waals surface area (Å²) >= 11 is 4.29. The zero-order valence-electron chi connectivity index (χ0n) is 9.14. The molecule has 0 amide bonds. The SMILES string of the molecule is CC(S)c1ccc(S(=O)(=O)C(C)C)cc1. The predicted octanol–water partition coefficient (Wildman–Crippen LogP) is 2.86. The largest absolute Gasteiger partial charge is 0.223 e. The van der Waals surface area contributed by atoms with Gasteiger partial charge in [-0.2, -0.15) is 12.6 Å². The van der Waals surface area contributed by atoms with Crippen molar-refractivity contribution in [3.05, 3.63) is 29.8 Å². The van der Waals surface area contributed by atoms with Crippen molar-refractivity contribution in [1.29, 1.82) is 0 Å². The molecule has 0 aliphatic heterocycles. The van der Waals surface area contributed by atoms with Crippen LogP contribution in [0.4, 0.5) is 0 Å². The number of rotatable bonds is 3. The van der Waals surface area contributed by atoms with Crippen molar-refractivity contribution in [2.75, 3.05) is 0 Å². The lowest BCUT2D eigenvalue weighted by Crippen LogP contribution is -2.13.